The van der Waals surface area contributed by atoms with Crippen LogP contribution in [0.15, 0.2) is 16.5 Å². The Hall–Kier alpha value is -2.04. The number of hydrogen-bond acceptors (Lipinski definition) is 3. The van der Waals surface area contributed by atoms with E-state index in [0.29, 0.717) is 17.4 Å². The van der Waals surface area contributed by atoms with Gasteiger partial charge in [-0.15, -0.1) is 0 Å². The van der Waals surface area contributed by atoms with Gasteiger partial charge in [-0.1, -0.05) is 0 Å². The average Bonchev–Trinajstić information content (AvgIpc) is 2.58. The zero-order valence-electron chi connectivity index (χ0n) is 6.40. The van der Waals surface area contributed by atoms with Crippen LogP contribution in [-0.2, 0) is 0 Å². The van der Waals surface area contributed by atoms with Gasteiger partial charge in [0.05, 0.1) is 5.52 Å². The van der Waals surface area contributed by atoms with Crippen LogP contribution in [0.2, 0.25) is 0 Å². The quantitative estimate of drug-likeness (QED) is 0.680. The van der Waals surface area contributed by atoms with Gasteiger partial charge in [0.2, 0.25) is 0 Å². The number of rotatable bonds is 2. The van der Waals surface area contributed by atoms with Gasteiger partial charge < -0.3 is 14.5 Å². The van der Waals surface area contributed by atoms with Crippen LogP contribution in [0.4, 0.5) is 0 Å². The van der Waals surface area contributed by atoms with Gasteiger partial charge in [-0.05, 0) is 0 Å². The van der Waals surface area contributed by atoms with E-state index in [4.69, 9.17) is 9.52 Å². The molecule has 0 spiro atoms. The first-order chi connectivity index (χ1) is 6.20. The maximum Gasteiger partial charge on any atom is 0.352 e. The summed E-state index contributed by atoms with van der Waals surface area (Å²) < 4.78 is 4.99. The first kappa shape index (κ1) is 7.60. The number of carbonyl (C=O) groups excluding carboxylic acids is 1. The van der Waals surface area contributed by atoms with Crippen molar-refractivity contribution in [3.05, 3.63) is 23.6 Å². The maximum absolute atomic E-state index is 10.5. The standard InChI is InChI=1S/C8H5NO4/c10-3-4-1-5-7(13-4)2-6(9-5)8(11)12/h1-3,9H,(H,11,12). The number of carbonyl (C=O) groups is 2. The van der Waals surface area contributed by atoms with Gasteiger partial charge in [0.15, 0.2) is 17.6 Å². The second-order valence-electron chi connectivity index (χ2n) is 2.53. The van der Waals surface area contributed by atoms with E-state index in [0.717, 1.165) is 0 Å². The fourth-order valence-electron chi connectivity index (χ4n) is 1.12. The summed E-state index contributed by atoms with van der Waals surface area (Å²) in [6, 6.07) is 2.79. The molecular formula is C8H5NO4. The summed E-state index contributed by atoms with van der Waals surface area (Å²) in [7, 11) is 0. The Morgan fingerprint density at radius 1 is 1.54 bits per heavy atom. The van der Waals surface area contributed by atoms with Gasteiger partial charge in [-0.3, -0.25) is 4.79 Å². The SMILES string of the molecule is O=Cc1cc2[nH]c(C(=O)O)cc2o1. The molecule has 2 aromatic rings. The van der Waals surface area contributed by atoms with Gasteiger partial charge in [-0.25, -0.2) is 4.79 Å². The Morgan fingerprint density at radius 3 is 2.85 bits per heavy atom. The highest BCUT2D eigenvalue weighted by atomic mass is 16.4. The number of aromatic carboxylic acids is 1. The van der Waals surface area contributed by atoms with Gasteiger partial charge in [-0.2, -0.15) is 0 Å². The van der Waals surface area contributed by atoms with E-state index >= 15 is 0 Å². The van der Waals surface area contributed by atoms with Crippen molar-refractivity contribution >= 4 is 23.4 Å². The summed E-state index contributed by atoms with van der Waals surface area (Å²) in [5.74, 6) is -0.878. The summed E-state index contributed by atoms with van der Waals surface area (Å²) >= 11 is 0. The van der Waals surface area contributed by atoms with Crippen molar-refractivity contribution < 1.29 is 19.1 Å². The predicted octanol–water partition coefficient (Wildman–Crippen LogP) is 1.27. The molecular weight excluding hydrogens is 174 g/mol. The minimum absolute atomic E-state index is 0.0474. The topological polar surface area (TPSA) is 83.3 Å². The molecule has 0 saturated carbocycles. The van der Waals surface area contributed by atoms with Crippen molar-refractivity contribution in [2.75, 3.05) is 0 Å². The van der Waals surface area contributed by atoms with E-state index < -0.39 is 5.97 Å². The molecule has 0 radical (unpaired) electrons. The molecule has 0 aromatic carbocycles. The molecule has 5 heteroatoms. The molecule has 0 aliphatic heterocycles. The van der Waals surface area contributed by atoms with Crippen LogP contribution in [0.1, 0.15) is 21.0 Å². The zero-order valence-corrected chi connectivity index (χ0v) is 6.40. The molecule has 5 nitrogen and oxygen atoms in total. The van der Waals surface area contributed by atoms with Gasteiger partial charge >= 0.3 is 5.97 Å². The lowest BCUT2D eigenvalue weighted by atomic mass is 10.4. The van der Waals surface area contributed by atoms with E-state index in [1.807, 2.05) is 0 Å². The van der Waals surface area contributed by atoms with Crippen LogP contribution in [0, 0.1) is 0 Å². The van der Waals surface area contributed by atoms with Crippen LogP contribution >= 0.6 is 0 Å². The smallest absolute Gasteiger partial charge is 0.352 e. The van der Waals surface area contributed by atoms with Crippen LogP contribution in [0.5, 0.6) is 0 Å². The molecule has 2 aromatic heterocycles. The third-order valence-electron chi connectivity index (χ3n) is 1.67. The first-order valence-electron chi connectivity index (χ1n) is 3.52. The summed E-state index contributed by atoms with van der Waals surface area (Å²) in [6.45, 7) is 0. The van der Waals surface area contributed by atoms with Gasteiger partial charge in [0, 0.05) is 12.1 Å². The Kier molecular flexibility index (Phi) is 1.45. The van der Waals surface area contributed by atoms with Crippen LogP contribution < -0.4 is 0 Å². The number of nitrogens with one attached hydrogen (secondary N) is 1. The lowest BCUT2D eigenvalue weighted by Crippen LogP contribution is -1.94. The number of furan rings is 1. The second kappa shape index (κ2) is 2.48. The van der Waals surface area contributed by atoms with Crippen LogP contribution in [0.3, 0.4) is 0 Å². The summed E-state index contributed by atoms with van der Waals surface area (Å²) in [5, 5.41) is 8.59. The molecule has 0 fully saturated rings. The Bertz CT molecular complexity index is 448. The lowest BCUT2D eigenvalue weighted by Gasteiger charge is -1.83. The van der Waals surface area contributed by atoms with Crippen molar-refractivity contribution in [3.63, 3.8) is 0 Å². The third-order valence-corrected chi connectivity index (χ3v) is 1.67. The van der Waals surface area contributed by atoms with E-state index in [1.54, 1.807) is 0 Å². The van der Waals surface area contributed by atoms with E-state index in [9.17, 15) is 9.59 Å². The predicted molar refractivity (Wildman–Crippen MR) is 42.9 cm³/mol. The zero-order chi connectivity index (χ0) is 9.42. The van der Waals surface area contributed by atoms with E-state index in [2.05, 4.69) is 4.98 Å². The summed E-state index contributed by atoms with van der Waals surface area (Å²) in [6.07, 6.45) is 0.564. The molecule has 0 saturated heterocycles. The van der Waals surface area contributed by atoms with Crippen LogP contribution in [-0.4, -0.2) is 22.3 Å². The Labute approximate surface area is 72.0 Å². The number of H-pyrrole nitrogens is 1. The Morgan fingerprint density at radius 2 is 2.31 bits per heavy atom. The molecule has 0 amide bonds. The number of hydrogen-bond donors (Lipinski definition) is 2. The number of aldehydes is 1. The molecule has 0 aliphatic carbocycles. The van der Waals surface area contributed by atoms with Crippen molar-refractivity contribution in [2.45, 2.75) is 0 Å². The van der Waals surface area contributed by atoms with Gasteiger partial charge in [0.25, 0.3) is 0 Å². The molecule has 2 N–H and O–H groups in total. The van der Waals surface area contributed by atoms with Crippen molar-refractivity contribution in [3.8, 4) is 0 Å². The summed E-state index contributed by atoms with van der Waals surface area (Å²) in [4.78, 5) is 23.3. The first-order valence-corrected chi connectivity index (χ1v) is 3.52. The number of fused-ring (bicyclic) bond motifs is 1. The second-order valence-corrected chi connectivity index (χ2v) is 2.53. The van der Waals surface area contributed by atoms with E-state index in [-0.39, 0.29) is 11.5 Å². The number of carboxylic acids is 1. The minimum Gasteiger partial charge on any atom is -0.477 e. The monoisotopic (exact) mass is 179 g/mol. The lowest BCUT2D eigenvalue weighted by molar-refractivity contribution is 0.0691. The Balaban J connectivity index is 2.60. The highest BCUT2D eigenvalue weighted by Gasteiger charge is 2.10. The minimum atomic E-state index is -1.06. The molecule has 0 atom stereocenters. The maximum atomic E-state index is 10.5. The highest BCUT2D eigenvalue weighted by molar-refractivity contribution is 5.93. The van der Waals surface area contributed by atoms with Crippen molar-refractivity contribution in [2.24, 2.45) is 0 Å². The fourth-order valence-corrected chi connectivity index (χ4v) is 1.12. The largest absolute Gasteiger partial charge is 0.477 e. The number of aromatic amines is 1. The molecule has 13 heavy (non-hydrogen) atoms. The normalized spacial score (nSPS) is 10.5. The number of carboxylic acid groups (broad SMARTS) is 1. The molecule has 0 aliphatic rings. The highest BCUT2D eigenvalue weighted by Crippen LogP contribution is 2.18. The van der Waals surface area contributed by atoms with Crippen molar-refractivity contribution in [1.82, 2.24) is 4.98 Å². The molecule has 0 unspecified atom stereocenters. The van der Waals surface area contributed by atoms with Crippen LogP contribution in [0.25, 0.3) is 11.1 Å². The van der Waals surface area contributed by atoms with Gasteiger partial charge in [0.1, 0.15) is 5.69 Å². The average molecular weight is 179 g/mol. The molecule has 2 heterocycles. The third kappa shape index (κ3) is 1.10. The van der Waals surface area contributed by atoms with Crippen molar-refractivity contribution in [1.29, 1.82) is 0 Å². The molecule has 66 valence electrons. The molecule has 2 rings (SSSR count). The molecule has 0 bridgehead atoms. The fraction of sp³-hybridized carbons (Fsp3) is 0. The number of aromatic nitrogens is 1. The summed E-state index contributed by atoms with van der Waals surface area (Å²) in [5.41, 5.74) is 0.935. The van der Waals surface area contributed by atoms with E-state index in [1.165, 1.54) is 12.1 Å².